The lowest BCUT2D eigenvalue weighted by molar-refractivity contribution is -0.167. The Morgan fingerprint density at radius 2 is 1.71 bits per heavy atom. The van der Waals surface area contributed by atoms with Crippen molar-refractivity contribution in [1.29, 1.82) is 0 Å². The second kappa shape index (κ2) is 2.73. The van der Waals surface area contributed by atoms with E-state index in [1.807, 2.05) is 6.92 Å². The third kappa shape index (κ3) is 1.04. The molecule has 0 saturated heterocycles. The Morgan fingerprint density at radius 1 is 1.14 bits per heavy atom. The molecule has 80 valence electrons. The largest absolute Gasteiger partial charge is 0.393 e. The molecule has 4 unspecified atom stereocenters. The van der Waals surface area contributed by atoms with Crippen LogP contribution >= 0.6 is 0 Å². The van der Waals surface area contributed by atoms with Crippen molar-refractivity contribution in [2.75, 3.05) is 0 Å². The van der Waals surface area contributed by atoms with E-state index < -0.39 is 0 Å². The first-order chi connectivity index (χ1) is 6.61. The van der Waals surface area contributed by atoms with E-state index in [1.54, 1.807) is 0 Å². The standard InChI is InChI=1S/C12H20O2/c1-7(13)12-4-8-2-9(5-12)11(14)10(3-8)6-12/h7-11,13-14H,2-6H2,1H3/t7?,8?,9-,10+,11?,12?. The molecular formula is C12H20O2. The van der Waals surface area contributed by atoms with E-state index in [0.29, 0.717) is 11.8 Å². The summed E-state index contributed by atoms with van der Waals surface area (Å²) in [4.78, 5) is 0. The molecule has 0 aromatic heterocycles. The summed E-state index contributed by atoms with van der Waals surface area (Å²) in [5.41, 5.74) is 0.176. The fourth-order valence-electron chi connectivity index (χ4n) is 4.57. The highest BCUT2D eigenvalue weighted by molar-refractivity contribution is 5.06. The Hall–Kier alpha value is -0.0800. The van der Waals surface area contributed by atoms with Gasteiger partial charge in [-0.05, 0) is 62.2 Å². The van der Waals surface area contributed by atoms with Gasteiger partial charge in [0.05, 0.1) is 12.2 Å². The van der Waals surface area contributed by atoms with Crippen LogP contribution in [0.5, 0.6) is 0 Å². The number of aliphatic hydroxyl groups is 2. The van der Waals surface area contributed by atoms with Gasteiger partial charge in [0.2, 0.25) is 0 Å². The average Bonchev–Trinajstić information content (AvgIpc) is 2.12. The molecule has 0 amide bonds. The normalized spacial score (nSPS) is 57.6. The third-order valence-electron chi connectivity index (χ3n) is 5.16. The molecule has 14 heavy (non-hydrogen) atoms. The molecule has 0 heterocycles. The molecule has 2 heteroatoms. The minimum atomic E-state index is -0.178. The molecule has 4 rings (SSSR count). The number of rotatable bonds is 1. The first-order valence-corrected chi connectivity index (χ1v) is 5.97. The van der Waals surface area contributed by atoms with E-state index in [1.165, 1.54) is 19.3 Å². The zero-order valence-electron chi connectivity index (χ0n) is 8.82. The quantitative estimate of drug-likeness (QED) is 0.668. The second-order valence-electron chi connectivity index (χ2n) is 6.00. The van der Waals surface area contributed by atoms with Crippen LogP contribution in [-0.4, -0.2) is 22.4 Å². The average molecular weight is 196 g/mol. The summed E-state index contributed by atoms with van der Waals surface area (Å²) in [6.45, 7) is 1.94. The van der Waals surface area contributed by atoms with Crippen LogP contribution in [0.2, 0.25) is 0 Å². The fourth-order valence-corrected chi connectivity index (χ4v) is 4.57. The van der Waals surface area contributed by atoms with Crippen LogP contribution < -0.4 is 0 Å². The van der Waals surface area contributed by atoms with Crippen molar-refractivity contribution in [2.24, 2.45) is 23.2 Å². The highest BCUT2D eigenvalue weighted by Gasteiger charge is 2.56. The predicted molar refractivity (Wildman–Crippen MR) is 53.7 cm³/mol. The molecule has 4 fully saturated rings. The first-order valence-electron chi connectivity index (χ1n) is 5.97. The van der Waals surface area contributed by atoms with Crippen LogP contribution in [-0.2, 0) is 0 Å². The van der Waals surface area contributed by atoms with Gasteiger partial charge in [-0.1, -0.05) is 0 Å². The number of hydrogen-bond donors (Lipinski definition) is 2. The van der Waals surface area contributed by atoms with E-state index >= 15 is 0 Å². The monoisotopic (exact) mass is 196 g/mol. The summed E-state index contributed by atoms with van der Waals surface area (Å²) in [6.07, 6.45) is 5.54. The Morgan fingerprint density at radius 3 is 2.21 bits per heavy atom. The molecule has 4 aliphatic carbocycles. The van der Waals surface area contributed by atoms with E-state index in [4.69, 9.17) is 0 Å². The lowest BCUT2D eigenvalue weighted by Gasteiger charge is -2.59. The minimum absolute atomic E-state index is 0.0570. The molecular weight excluding hydrogens is 176 g/mol. The molecule has 4 bridgehead atoms. The Bertz CT molecular complexity index is 233. The van der Waals surface area contributed by atoms with Crippen LogP contribution in [0.3, 0.4) is 0 Å². The maximum atomic E-state index is 10.0. The predicted octanol–water partition coefficient (Wildman–Crippen LogP) is 1.55. The summed E-state index contributed by atoms with van der Waals surface area (Å²) in [6, 6.07) is 0. The van der Waals surface area contributed by atoms with Crippen LogP contribution in [0, 0.1) is 23.2 Å². The van der Waals surface area contributed by atoms with Gasteiger partial charge in [-0.25, -0.2) is 0 Å². The van der Waals surface area contributed by atoms with Gasteiger partial charge in [-0.3, -0.25) is 0 Å². The molecule has 0 aromatic rings. The van der Waals surface area contributed by atoms with Crippen LogP contribution in [0.15, 0.2) is 0 Å². The fraction of sp³-hybridized carbons (Fsp3) is 1.00. The SMILES string of the molecule is CC(O)C12CC3C[C@H](C1)C(O)[C@@H](C3)C2. The van der Waals surface area contributed by atoms with Crippen LogP contribution in [0.25, 0.3) is 0 Å². The van der Waals surface area contributed by atoms with Crippen molar-refractivity contribution in [1.82, 2.24) is 0 Å². The molecule has 4 aliphatic rings. The Kier molecular flexibility index (Phi) is 1.79. The van der Waals surface area contributed by atoms with Gasteiger partial charge in [0.15, 0.2) is 0 Å². The summed E-state index contributed by atoms with van der Waals surface area (Å²) >= 11 is 0. The van der Waals surface area contributed by atoms with Crippen LogP contribution in [0.4, 0.5) is 0 Å². The molecule has 6 atom stereocenters. The summed E-state index contributed by atoms with van der Waals surface area (Å²) in [7, 11) is 0. The van der Waals surface area contributed by atoms with E-state index in [9.17, 15) is 10.2 Å². The summed E-state index contributed by atoms with van der Waals surface area (Å²) in [5, 5.41) is 20.0. The second-order valence-corrected chi connectivity index (χ2v) is 6.00. The van der Waals surface area contributed by atoms with Crippen molar-refractivity contribution >= 4 is 0 Å². The lowest BCUT2D eigenvalue weighted by Crippen LogP contribution is -2.56. The third-order valence-corrected chi connectivity index (χ3v) is 5.16. The topological polar surface area (TPSA) is 40.5 Å². The maximum Gasteiger partial charge on any atom is 0.0597 e. The van der Waals surface area contributed by atoms with Gasteiger partial charge in [0, 0.05) is 0 Å². The maximum absolute atomic E-state index is 10.0. The summed E-state index contributed by atoms with van der Waals surface area (Å²) < 4.78 is 0. The number of aliphatic hydroxyl groups excluding tert-OH is 2. The van der Waals surface area contributed by atoms with Gasteiger partial charge in [0.1, 0.15) is 0 Å². The van der Waals surface area contributed by atoms with Crippen molar-refractivity contribution in [2.45, 2.75) is 51.2 Å². The van der Waals surface area contributed by atoms with Gasteiger partial charge in [-0.2, -0.15) is 0 Å². The first kappa shape index (κ1) is 9.17. The van der Waals surface area contributed by atoms with Gasteiger partial charge < -0.3 is 10.2 Å². The van der Waals surface area contributed by atoms with Crippen molar-refractivity contribution in [3.8, 4) is 0 Å². The van der Waals surface area contributed by atoms with Crippen molar-refractivity contribution < 1.29 is 10.2 Å². The smallest absolute Gasteiger partial charge is 0.0597 e. The zero-order valence-corrected chi connectivity index (χ0v) is 8.82. The Balaban J connectivity index is 1.92. The zero-order chi connectivity index (χ0) is 9.92. The van der Waals surface area contributed by atoms with Gasteiger partial charge in [0.25, 0.3) is 0 Å². The van der Waals surface area contributed by atoms with E-state index in [0.717, 1.165) is 18.8 Å². The van der Waals surface area contributed by atoms with Gasteiger partial charge >= 0.3 is 0 Å². The van der Waals surface area contributed by atoms with E-state index in [-0.39, 0.29) is 17.6 Å². The molecule has 2 N–H and O–H groups in total. The van der Waals surface area contributed by atoms with Crippen LogP contribution in [0.1, 0.15) is 39.0 Å². The molecule has 2 nitrogen and oxygen atoms in total. The van der Waals surface area contributed by atoms with Crippen molar-refractivity contribution in [3.63, 3.8) is 0 Å². The Labute approximate surface area is 85.3 Å². The van der Waals surface area contributed by atoms with Gasteiger partial charge in [-0.15, -0.1) is 0 Å². The number of hydrogen-bond acceptors (Lipinski definition) is 2. The minimum Gasteiger partial charge on any atom is -0.393 e. The molecule has 4 saturated carbocycles. The molecule has 0 spiro atoms. The highest BCUT2D eigenvalue weighted by atomic mass is 16.3. The lowest BCUT2D eigenvalue weighted by atomic mass is 9.47. The molecule has 0 radical (unpaired) electrons. The summed E-state index contributed by atoms with van der Waals surface area (Å²) in [5.74, 6) is 1.79. The highest BCUT2D eigenvalue weighted by Crippen LogP contribution is 2.61. The van der Waals surface area contributed by atoms with Crippen molar-refractivity contribution in [3.05, 3.63) is 0 Å². The van der Waals surface area contributed by atoms with E-state index in [2.05, 4.69) is 0 Å². The molecule has 0 aliphatic heterocycles. The molecule has 0 aromatic carbocycles.